The van der Waals surface area contributed by atoms with Crippen LogP contribution in [0.15, 0.2) is 0 Å². The first kappa shape index (κ1) is 27.2. The molecule has 0 bridgehead atoms. The Labute approximate surface area is 187 Å². The molecule has 0 aromatic carbocycles. The van der Waals surface area contributed by atoms with Crippen molar-refractivity contribution in [3.8, 4) is 0 Å². The summed E-state index contributed by atoms with van der Waals surface area (Å²) in [5, 5.41) is 0. The molecule has 1 fully saturated rings. The predicted octanol–water partition coefficient (Wildman–Crippen LogP) is 8.68. The molecule has 3 nitrogen and oxygen atoms in total. The van der Waals surface area contributed by atoms with Gasteiger partial charge in [-0.15, -0.1) is 0 Å². The number of hydrogen-bond donors (Lipinski definition) is 0. The molecular formula is C27H50O3. The van der Waals surface area contributed by atoms with Gasteiger partial charge in [0, 0.05) is 6.42 Å². The third kappa shape index (κ3) is 15.9. The van der Waals surface area contributed by atoms with Gasteiger partial charge in [0.05, 0.1) is 5.92 Å². The molecule has 0 N–H and O–H groups in total. The van der Waals surface area contributed by atoms with E-state index in [1.807, 2.05) is 0 Å². The van der Waals surface area contributed by atoms with Gasteiger partial charge < -0.3 is 4.74 Å². The van der Waals surface area contributed by atoms with Crippen molar-refractivity contribution >= 4 is 11.9 Å². The van der Waals surface area contributed by atoms with Crippen LogP contribution in [0.5, 0.6) is 0 Å². The van der Waals surface area contributed by atoms with E-state index in [2.05, 4.69) is 6.92 Å². The second kappa shape index (κ2) is 20.1. The summed E-state index contributed by atoms with van der Waals surface area (Å²) in [6.07, 6.45) is 29.7. The van der Waals surface area contributed by atoms with Crippen molar-refractivity contribution in [2.75, 3.05) is 0 Å². The summed E-state index contributed by atoms with van der Waals surface area (Å²) in [6.45, 7) is 2.29. The molecule has 0 aromatic heterocycles. The molecule has 1 saturated heterocycles. The molecule has 1 heterocycles. The lowest BCUT2D eigenvalue weighted by atomic mass is 9.94. The Hall–Kier alpha value is -0.860. The van der Waals surface area contributed by atoms with Gasteiger partial charge in [-0.1, -0.05) is 135 Å². The van der Waals surface area contributed by atoms with E-state index in [1.54, 1.807) is 0 Å². The van der Waals surface area contributed by atoms with E-state index >= 15 is 0 Å². The number of cyclic esters (lactones) is 2. The monoisotopic (exact) mass is 422 g/mol. The molecule has 0 aromatic rings. The van der Waals surface area contributed by atoms with Gasteiger partial charge in [-0.05, 0) is 12.8 Å². The van der Waals surface area contributed by atoms with E-state index in [9.17, 15) is 9.59 Å². The van der Waals surface area contributed by atoms with E-state index in [0.29, 0.717) is 12.8 Å². The third-order valence-electron chi connectivity index (χ3n) is 6.65. The van der Waals surface area contributed by atoms with Gasteiger partial charge in [0.15, 0.2) is 0 Å². The van der Waals surface area contributed by atoms with Crippen LogP contribution >= 0.6 is 0 Å². The zero-order valence-corrected chi connectivity index (χ0v) is 20.1. The fourth-order valence-electron chi connectivity index (χ4n) is 4.56. The smallest absolute Gasteiger partial charge is 0.316 e. The lowest BCUT2D eigenvalue weighted by Gasteiger charge is -2.18. The van der Waals surface area contributed by atoms with Crippen LogP contribution in [0, 0.1) is 5.92 Å². The molecule has 1 aliphatic heterocycles. The molecule has 0 radical (unpaired) electrons. The molecule has 30 heavy (non-hydrogen) atoms. The number of esters is 2. The molecule has 176 valence electrons. The topological polar surface area (TPSA) is 43.4 Å². The normalized spacial score (nSPS) is 16.8. The van der Waals surface area contributed by atoms with Gasteiger partial charge in [0.1, 0.15) is 0 Å². The molecular weight excluding hydrogens is 372 g/mol. The van der Waals surface area contributed by atoms with Gasteiger partial charge in [-0.3, -0.25) is 9.59 Å². The maximum atomic E-state index is 11.6. The number of ether oxygens (including phenoxy) is 1. The highest BCUT2D eigenvalue weighted by Crippen LogP contribution is 2.22. The van der Waals surface area contributed by atoms with Gasteiger partial charge in [0.2, 0.25) is 0 Å². The van der Waals surface area contributed by atoms with Gasteiger partial charge in [-0.2, -0.15) is 0 Å². The summed E-state index contributed by atoms with van der Waals surface area (Å²) in [5.74, 6) is -0.665. The number of carbonyl (C=O) groups excluding carboxylic acids is 2. The standard InChI is InChI=1S/C27H50O3/c1-2-3-4-5-6-7-8-9-10-11-12-13-14-15-16-17-18-19-20-21-22-25-23-24-26(28)30-27(25)29/h25H,2-24H2,1H3. The fraction of sp³-hybridized carbons (Fsp3) is 0.926. The first-order valence-electron chi connectivity index (χ1n) is 13.5. The number of hydrogen-bond acceptors (Lipinski definition) is 3. The van der Waals surface area contributed by atoms with E-state index in [1.165, 1.54) is 122 Å². The Morgan fingerprint density at radius 1 is 0.600 bits per heavy atom. The minimum atomic E-state index is -0.347. The SMILES string of the molecule is CCCCCCCCCCCCCCCCCCCCCCC1CCC(=O)OC1=O. The molecule has 1 rings (SSSR count). The third-order valence-corrected chi connectivity index (χ3v) is 6.65. The van der Waals surface area contributed by atoms with Crippen molar-refractivity contribution in [1.82, 2.24) is 0 Å². The van der Waals surface area contributed by atoms with Crippen LogP contribution < -0.4 is 0 Å². The zero-order valence-electron chi connectivity index (χ0n) is 20.1. The Morgan fingerprint density at radius 2 is 0.967 bits per heavy atom. The molecule has 0 saturated carbocycles. The lowest BCUT2D eigenvalue weighted by Crippen LogP contribution is -2.27. The zero-order chi connectivity index (χ0) is 21.7. The summed E-state index contributed by atoms with van der Waals surface area (Å²) in [4.78, 5) is 22.6. The minimum absolute atomic E-state index is 0.0294. The van der Waals surface area contributed by atoms with Gasteiger partial charge >= 0.3 is 11.9 Å². The first-order valence-corrected chi connectivity index (χ1v) is 13.5. The largest absolute Gasteiger partial charge is 0.393 e. The highest BCUT2D eigenvalue weighted by Gasteiger charge is 2.28. The summed E-state index contributed by atoms with van der Waals surface area (Å²) in [5.41, 5.74) is 0. The number of unbranched alkanes of at least 4 members (excludes halogenated alkanes) is 19. The number of carbonyl (C=O) groups is 2. The Bertz CT molecular complexity index is 418. The van der Waals surface area contributed by atoms with Crippen LogP contribution in [0.4, 0.5) is 0 Å². The summed E-state index contributed by atoms with van der Waals surface area (Å²) < 4.78 is 4.72. The van der Waals surface area contributed by atoms with Crippen molar-refractivity contribution in [2.24, 2.45) is 5.92 Å². The molecule has 0 aliphatic carbocycles. The highest BCUT2D eigenvalue weighted by molar-refractivity contribution is 5.89. The van der Waals surface area contributed by atoms with E-state index in [0.717, 1.165) is 12.8 Å². The Kier molecular flexibility index (Phi) is 18.2. The van der Waals surface area contributed by atoms with Gasteiger partial charge in [-0.25, -0.2) is 0 Å². The molecule has 3 heteroatoms. The summed E-state index contributed by atoms with van der Waals surface area (Å²) >= 11 is 0. The average Bonchev–Trinajstić information content (AvgIpc) is 2.73. The number of rotatable bonds is 21. The first-order chi connectivity index (χ1) is 14.7. The van der Waals surface area contributed by atoms with Crippen LogP contribution in [0.1, 0.15) is 155 Å². The molecule has 1 atom stereocenters. The lowest BCUT2D eigenvalue weighted by molar-refractivity contribution is -0.167. The maximum Gasteiger partial charge on any atom is 0.316 e. The van der Waals surface area contributed by atoms with E-state index in [-0.39, 0.29) is 17.9 Å². The highest BCUT2D eigenvalue weighted by atomic mass is 16.6. The van der Waals surface area contributed by atoms with Crippen LogP contribution in [0.2, 0.25) is 0 Å². The van der Waals surface area contributed by atoms with Crippen molar-refractivity contribution in [3.05, 3.63) is 0 Å². The van der Waals surface area contributed by atoms with Gasteiger partial charge in [0.25, 0.3) is 0 Å². The van der Waals surface area contributed by atoms with E-state index in [4.69, 9.17) is 4.74 Å². The Balaban J connectivity index is 1.70. The molecule has 0 spiro atoms. The average molecular weight is 423 g/mol. The Morgan fingerprint density at radius 3 is 1.33 bits per heavy atom. The van der Waals surface area contributed by atoms with E-state index < -0.39 is 0 Å². The van der Waals surface area contributed by atoms with Crippen molar-refractivity contribution in [3.63, 3.8) is 0 Å². The summed E-state index contributed by atoms with van der Waals surface area (Å²) in [7, 11) is 0. The second-order valence-electron chi connectivity index (χ2n) is 9.53. The predicted molar refractivity (Wildman–Crippen MR) is 126 cm³/mol. The maximum absolute atomic E-state index is 11.6. The van der Waals surface area contributed by atoms with Crippen LogP contribution in [-0.4, -0.2) is 11.9 Å². The fourth-order valence-corrected chi connectivity index (χ4v) is 4.56. The van der Waals surface area contributed by atoms with Crippen LogP contribution in [0.3, 0.4) is 0 Å². The van der Waals surface area contributed by atoms with Crippen molar-refractivity contribution in [2.45, 2.75) is 155 Å². The minimum Gasteiger partial charge on any atom is -0.393 e. The van der Waals surface area contributed by atoms with Crippen LogP contribution in [-0.2, 0) is 14.3 Å². The van der Waals surface area contributed by atoms with Crippen molar-refractivity contribution in [1.29, 1.82) is 0 Å². The molecule has 1 unspecified atom stereocenters. The molecule has 0 amide bonds. The van der Waals surface area contributed by atoms with Crippen LogP contribution in [0.25, 0.3) is 0 Å². The second-order valence-corrected chi connectivity index (χ2v) is 9.53. The quantitative estimate of drug-likeness (QED) is 0.105. The summed E-state index contributed by atoms with van der Waals surface area (Å²) in [6, 6.07) is 0. The van der Waals surface area contributed by atoms with Crippen molar-refractivity contribution < 1.29 is 14.3 Å². The molecule has 1 aliphatic rings.